The number of halogens is 5. The second kappa shape index (κ2) is 9.35. The Kier molecular flexibility index (Phi) is 6.80. The summed E-state index contributed by atoms with van der Waals surface area (Å²) in [7, 11) is 0. The van der Waals surface area contributed by atoms with Gasteiger partial charge in [0.25, 0.3) is 0 Å². The van der Waals surface area contributed by atoms with Gasteiger partial charge in [-0.3, -0.25) is 0 Å². The third-order valence-electron chi connectivity index (χ3n) is 5.74. The summed E-state index contributed by atoms with van der Waals surface area (Å²) in [5, 5.41) is 7.46. The van der Waals surface area contributed by atoms with Crippen LogP contribution in [0.15, 0.2) is 73.5 Å². The van der Waals surface area contributed by atoms with Gasteiger partial charge in [0.2, 0.25) is 0 Å². The smallest absolute Gasteiger partial charge is 0.148 e. The zero-order valence-electron chi connectivity index (χ0n) is 18.2. The molecule has 0 aromatic heterocycles. The molecule has 0 saturated heterocycles. The lowest BCUT2D eigenvalue weighted by molar-refractivity contribution is 0.633. The SMILES string of the molecule is C=C(Nc1ccc(N)c(F)c1)c1cc(NC(=C)C2C(c3cc(C)cc(Cl)c3)C2(Cl)Cl)ccc1Cl. The van der Waals surface area contributed by atoms with Gasteiger partial charge < -0.3 is 16.4 Å². The number of hydrogen-bond acceptors (Lipinski definition) is 3. The number of nitrogens with two attached hydrogens (primary N) is 1. The van der Waals surface area contributed by atoms with Gasteiger partial charge in [0.05, 0.1) is 10.7 Å². The molecule has 0 spiro atoms. The molecule has 3 aromatic rings. The van der Waals surface area contributed by atoms with E-state index in [0.29, 0.717) is 32.7 Å². The number of allylic oxidation sites excluding steroid dienone is 1. The molecule has 3 aromatic carbocycles. The molecule has 4 N–H and O–H groups in total. The lowest BCUT2D eigenvalue weighted by Crippen LogP contribution is -2.05. The maximum atomic E-state index is 13.8. The third kappa shape index (κ3) is 5.01. The number of nitrogen functional groups attached to an aromatic ring is 1. The number of anilines is 3. The fourth-order valence-corrected chi connectivity index (χ4v) is 5.49. The zero-order chi connectivity index (χ0) is 24.8. The molecule has 4 rings (SSSR count). The van der Waals surface area contributed by atoms with Gasteiger partial charge in [-0.05, 0) is 66.6 Å². The minimum atomic E-state index is -0.999. The Balaban J connectivity index is 1.51. The summed E-state index contributed by atoms with van der Waals surface area (Å²) in [6.07, 6.45) is 0. The molecule has 2 atom stereocenters. The first-order chi connectivity index (χ1) is 16.0. The highest BCUT2D eigenvalue weighted by Crippen LogP contribution is 2.67. The van der Waals surface area contributed by atoms with Crippen molar-refractivity contribution >= 4 is 69.2 Å². The second-order valence-electron chi connectivity index (χ2n) is 8.38. The summed E-state index contributed by atoms with van der Waals surface area (Å²) in [6.45, 7) is 10.2. The van der Waals surface area contributed by atoms with Crippen molar-refractivity contribution in [1.82, 2.24) is 0 Å². The van der Waals surface area contributed by atoms with Crippen LogP contribution in [0.4, 0.5) is 21.5 Å². The van der Waals surface area contributed by atoms with Crippen LogP contribution >= 0.6 is 46.4 Å². The van der Waals surface area contributed by atoms with E-state index in [1.807, 2.05) is 37.3 Å². The summed E-state index contributed by atoms with van der Waals surface area (Å²) < 4.78 is 12.8. The first-order valence-electron chi connectivity index (χ1n) is 10.4. The molecule has 2 unspecified atom stereocenters. The quantitative estimate of drug-likeness (QED) is 0.209. The minimum absolute atomic E-state index is 0.0693. The van der Waals surface area contributed by atoms with Crippen LogP contribution in [0.2, 0.25) is 10.0 Å². The van der Waals surface area contributed by atoms with E-state index >= 15 is 0 Å². The Hall–Kier alpha value is -2.37. The van der Waals surface area contributed by atoms with Crippen LogP contribution < -0.4 is 16.4 Å². The summed E-state index contributed by atoms with van der Waals surface area (Å²) in [5.41, 5.74) is 10.6. The highest BCUT2D eigenvalue weighted by molar-refractivity contribution is 6.52. The van der Waals surface area contributed by atoms with Gasteiger partial charge in [-0.2, -0.15) is 0 Å². The molecule has 0 aliphatic heterocycles. The van der Waals surface area contributed by atoms with Crippen LogP contribution in [0.1, 0.15) is 22.6 Å². The van der Waals surface area contributed by atoms with Crippen molar-refractivity contribution < 1.29 is 4.39 Å². The Morgan fingerprint density at radius 2 is 1.65 bits per heavy atom. The Labute approximate surface area is 218 Å². The summed E-state index contributed by atoms with van der Waals surface area (Å²) >= 11 is 25.9. The van der Waals surface area contributed by atoms with Crippen molar-refractivity contribution in [1.29, 1.82) is 0 Å². The van der Waals surface area contributed by atoms with E-state index < -0.39 is 10.2 Å². The average molecular weight is 537 g/mol. The molecule has 1 aliphatic carbocycles. The van der Waals surface area contributed by atoms with Crippen molar-refractivity contribution in [2.24, 2.45) is 5.92 Å². The molecular formula is C26H22Cl4FN3. The Bertz CT molecular complexity index is 1280. The molecule has 1 aliphatic rings. The van der Waals surface area contributed by atoms with Crippen LogP contribution in [0.25, 0.3) is 5.70 Å². The summed E-state index contributed by atoms with van der Waals surface area (Å²) in [5.74, 6) is -0.876. The van der Waals surface area contributed by atoms with Crippen LogP contribution in [0.3, 0.4) is 0 Å². The van der Waals surface area contributed by atoms with E-state index in [9.17, 15) is 4.39 Å². The molecule has 1 fully saturated rings. The van der Waals surface area contributed by atoms with Crippen LogP contribution in [0.5, 0.6) is 0 Å². The average Bonchev–Trinajstić information content (AvgIpc) is 3.33. The van der Waals surface area contributed by atoms with Gasteiger partial charge in [-0.1, -0.05) is 42.4 Å². The number of alkyl halides is 2. The number of aryl methyl sites for hydroxylation is 1. The standard InChI is InChI=1S/C26H22Cl4FN3/c1-13-8-16(10-17(27)9-13)25-24(26(25,29)30)15(3)34-18-4-6-21(28)20(11-18)14(2)33-19-5-7-23(32)22(31)12-19/h4-12,24-25,33-34H,2-3,32H2,1H3. The Morgan fingerprint density at radius 3 is 2.32 bits per heavy atom. The number of nitrogens with one attached hydrogen (secondary N) is 2. The molecule has 34 heavy (non-hydrogen) atoms. The fraction of sp³-hybridized carbons (Fsp3) is 0.154. The van der Waals surface area contributed by atoms with Gasteiger partial charge >= 0.3 is 0 Å². The second-order valence-corrected chi connectivity index (χ2v) is 10.7. The number of rotatable bonds is 7. The molecule has 176 valence electrons. The molecule has 8 heteroatoms. The first kappa shape index (κ1) is 24.7. The molecule has 0 amide bonds. The van der Waals surface area contributed by atoms with E-state index in [1.54, 1.807) is 12.1 Å². The predicted molar refractivity (Wildman–Crippen MR) is 145 cm³/mol. The summed E-state index contributed by atoms with van der Waals surface area (Å²) in [6, 6.07) is 15.6. The van der Waals surface area contributed by atoms with Crippen molar-refractivity contribution in [2.75, 3.05) is 16.4 Å². The third-order valence-corrected chi connectivity index (χ3v) is 7.23. The zero-order valence-corrected chi connectivity index (χ0v) is 21.3. The lowest BCUT2D eigenvalue weighted by Gasteiger charge is -2.15. The highest BCUT2D eigenvalue weighted by Gasteiger charge is 2.65. The Morgan fingerprint density at radius 1 is 0.971 bits per heavy atom. The van der Waals surface area contributed by atoms with Crippen molar-refractivity contribution in [3.63, 3.8) is 0 Å². The normalized spacial score (nSPS) is 18.3. The maximum absolute atomic E-state index is 13.8. The molecule has 3 nitrogen and oxygen atoms in total. The topological polar surface area (TPSA) is 50.1 Å². The molecule has 1 saturated carbocycles. The van der Waals surface area contributed by atoms with Gasteiger partial charge in [0.1, 0.15) is 10.2 Å². The highest BCUT2D eigenvalue weighted by atomic mass is 35.5. The van der Waals surface area contributed by atoms with Gasteiger partial charge in [0, 0.05) is 45.2 Å². The maximum Gasteiger partial charge on any atom is 0.148 e. The minimum Gasteiger partial charge on any atom is -0.396 e. The fourth-order valence-electron chi connectivity index (χ4n) is 4.06. The van der Waals surface area contributed by atoms with Crippen LogP contribution in [-0.2, 0) is 0 Å². The molecular weight excluding hydrogens is 515 g/mol. The first-order valence-corrected chi connectivity index (χ1v) is 11.9. The molecule has 0 radical (unpaired) electrons. The van der Waals surface area contributed by atoms with Crippen molar-refractivity contribution in [3.8, 4) is 0 Å². The van der Waals surface area contributed by atoms with Crippen LogP contribution in [-0.4, -0.2) is 4.33 Å². The van der Waals surface area contributed by atoms with E-state index in [4.69, 9.17) is 52.1 Å². The van der Waals surface area contributed by atoms with E-state index in [2.05, 4.69) is 23.8 Å². The summed E-state index contributed by atoms with van der Waals surface area (Å²) in [4.78, 5) is 0. The van der Waals surface area contributed by atoms with E-state index in [0.717, 1.165) is 16.8 Å². The largest absolute Gasteiger partial charge is 0.396 e. The van der Waals surface area contributed by atoms with Gasteiger partial charge in [0.15, 0.2) is 0 Å². The van der Waals surface area contributed by atoms with Crippen molar-refractivity contribution in [2.45, 2.75) is 17.2 Å². The molecule has 0 bridgehead atoms. The van der Waals surface area contributed by atoms with E-state index in [-0.39, 0.29) is 17.5 Å². The predicted octanol–water partition coefficient (Wildman–Crippen LogP) is 8.62. The van der Waals surface area contributed by atoms with Gasteiger partial charge in [-0.25, -0.2) is 4.39 Å². The lowest BCUT2D eigenvalue weighted by atomic mass is 10.1. The van der Waals surface area contributed by atoms with Gasteiger partial charge in [-0.15, -0.1) is 23.2 Å². The van der Waals surface area contributed by atoms with E-state index in [1.165, 1.54) is 12.1 Å². The number of benzene rings is 3. The molecule has 0 heterocycles. The van der Waals surface area contributed by atoms with Crippen LogP contribution in [0, 0.1) is 18.7 Å². The monoisotopic (exact) mass is 535 g/mol. The van der Waals surface area contributed by atoms with Crippen molar-refractivity contribution in [3.05, 3.63) is 106 Å². The number of hydrogen-bond donors (Lipinski definition) is 3.